The van der Waals surface area contributed by atoms with E-state index in [0.717, 1.165) is 11.6 Å². The first kappa shape index (κ1) is 30.8. The number of hydrogen-bond acceptors (Lipinski definition) is 9. The summed E-state index contributed by atoms with van der Waals surface area (Å²) in [6.07, 6.45) is 0.542. The number of halogens is 2. The van der Waals surface area contributed by atoms with Crippen molar-refractivity contribution in [2.75, 3.05) is 18.4 Å². The monoisotopic (exact) mass is 671 g/mol. The SMILES string of the molecule is CNS(=O)(=O)Nc1nccc(CN2Cc3c(C)cc(Oc4nc(Br)n(COCC[Si](C)(C)C)n4)cc3OC2=O)c1F. The van der Waals surface area contributed by atoms with Gasteiger partial charge in [0.25, 0.3) is 10.2 Å². The van der Waals surface area contributed by atoms with Crippen LogP contribution in [0.3, 0.4) is 0 Å². The molecule has 17 heteroatoms. The fourth-order valence-electron chi connectivity index (χ4n) is 3.76. The highest BCUT2D eigenvalue weighted by atomic mass is 79.9. The van der Waals surface area contributed by atoms with E-state index in [-0.39, 0.29) is 31.4 Å². The zero-order chi connectivity index (χ0) is 29.9. The van der Waals surface area contributed by atoms with E-state index in [1.807, 2.05) is 16.4 Å². The minimum atomic E-state index is -3.98. The predicted octanol–water partition coefficient (Wildman–Crippen LogP) is 4.38. The van der Waals surface area contributed by atoms with Gasteiger partial charge in [-0.25, -0.2) is 23.6 Å². The van der Waals surface area contributed by atoms with Gasteiger partial charge in [-0.2, -0.15) is 13.4 Å². The Morgan fingerprint density at radius 2 is 2.02 bits per heavy atom. The van der Waals surface area contributed by atoms with Crippen LogP contribution >= 0.6 is 15.9 Å². The van der Waals surface area contributed by atoms with Crippen LogP contribution in [0.2, 0.25) is 25.7 Å². The maximum Gasteiger partial charge on any atom is 0.415 e. The summed E-state index contributed by atoms with van der Waals surface area (Å²) in [5.41, 5.74) is 1.53. The molecule has 1 aromatic carbocycles. The molecule has 4 rings (SSSR count). The lowest BCUT2D eigenvalue weighted by Crippen LogP contribution is -2.37. The van der Waals surface area contributed by atoms with Crippen LogP contribution < -0.4 is 18.9 Å². The van der Waals surface area contributed by atoms with Gasteiger partial charge in [0.2, 0.25) is 4.73 Å². The summed E-state index contributed by atoms with van der Waals surface area (Å²) in [6.45, 7) is 9.48. The van der Waals surface area contributed by atoms with Crippen LogP contribution in [0.15, 0.2) is 29.1 Å². The van der Waals surface area contributed by atoms with Crippen LogP contribution in [-0.2, 0) is 34.8 Å². The highest BCUT2D eigenvalue weighted by Crippen LogP contribution is 2.35. The zero-order valence-electron chi connectivity index (χ0n) is 23.2. The molecule has 0 saturated heterocycles. The lowest BCUT2D eigenvalue weighted by Gasteiger charge is -2.29. The largest absolute Gasteiger partial charge is 0.423 e. The number of fused-ring (bicyclic) bond motifs is 1. The van der Waals surface area contributed by atoms with Gasteiger partial charge in [0.1, 0.15) is 18.2 Å². The average molecular weight is 673 g/mol. The summed E-state index contributed by atoms with van der Waals surface area (Å²) in [7, 11) is -4.00. The zero-order valence-corrected chi connectivity index (χ0v) is 26.6. The van der Waals surface area contributed by atoms with Crippen LogP contribution in [0.5, 0.6) is 17.5 Å². The fraction of sp³-hybridized carbons (Fsp3) is 0.417. The van der Waals surface area contributed by atoms with E-state index in [2.05, 4.69) is 50.6 Å². The van der Waals surface area contributed by atoms with Crippen molar-refractivity contribution in [2.24, 2.45) is 0 Å². The van der Waals surface area contributed by atoms with Crippen LogP contribution in [0.1, 0.15) is 16.7 Å². The molecule has 41 heavy (non-hydrogen) atoms. The number of carbonyl (C=O) groups excluding carboxylic acids is 1. The molecular formula is C24H31BrFN7O6SSi. The molecule has 0 unspecified atom stereocenters. The Bertz CT molecular complexity index is 1550. The molecule has 0 fully saturated rings. The van der Waals surface area contributed by atoms with Crippen LogP contribution in [0.25, 0.3) is 0 Å². The summed E-state index contributed by atoms with van der Waals surface area (Å²) >= 11 is 3.36. The van der Waals surface area contributed by atoms with E-state index in [1.165, 1.54) is 28.9 Å². The van der Waals surface area contributed by atoms with Gasteiger partial charge in [-0.05, 0) is 46.6 Å². The van der Waals surface area contributed by atoms with Crippen LogP contribution in [-0.4, -0.2) is 60.9 Å². The maximum absolute atomic E-state index is 15.0. The highest BCUT2D eigenvalue weighted by Gasteiger charge is 2.29. The van der Waals surface area contributed by atoms with E-state index >= 15 is 0 Å². The number of ether oxygens (including phenoxy) is 3. The molecule has 0 atom stereocenters. The molecule has 2 N–H and O–H groups in total. The summed E-state index contributed by atoms with van der Waals surface area (Å²) in [4.78, 5) is 22.1. The van der Waals surface area contributed by atoms with Gasteiger partial charge < -0.3 is 14.2 Å². The number of pyridine rings is 1. The predicted molar refractivity (Wildman–Crippen MR) is 154 cm³/mol. The second-order valence-corrected chi connectivity index (χ2v) is 18.4. The average Bonchev–Trinajstić information content (AvgIpc) is 3.22. The number of hydrogen-bond donors (Lipinski definition) is 2. The van der Waals surface area contributed by atoms with E-state index in [0.29, 0.717) is 28.4 Å². The molecule has 3 aromatic rings. The van der Waals surface area contributed by atoms with Crippen molar-refractivity contribution in [1.29, 1.82) is 0 Å². The summed E-state index contributed by atoms with van der Waals surface area (Å²) in [5, 5.41) is 4.32. The molecule has 1 aliphatic rings. The number of amides is 1. The molecular weight excluding hydrogens is 641 g/mol. The van der Waals surface area contributed by atoms with Crippen molar-refractivity contribution >= 4 is 46.1 Å². The molecule has 3 heterocycles. The number of benzene rings is 1. The highest BCUT2D eigenvalue weighted by molar-refractivity contribution is 9.10. The van der Waals surface area contributed by atoms with Gasteiger partial charge in [0.15, 0.2) is 11.6 Å². The van der Waals surface area contributed by atoms with Gasteiger partial charge in [0, 0.05) is 45.1 Å². The molecule has 0 aliphatic carbocycles. The third-order valence-corrected chi connectivity index (χ3v) is 9.36. The fourth-order valence-corrected chi connectivity index (χ4v) is 5.35. The second kappa shape index (κ2) is 12.4. The van der Waals surface area contributed by atoms with Gasteiger partial charge in [-0.1, -0.05) is 19.6 Å². The Hall–Kier alpha value is -3.12. The number of rotatable bonds is 12. The molecule has 0 saturated carbocycles. The smallest absolute Gasteiger partial charge is 0.415 e. The summed E-state index contributed by atoms with van der Waals surface area (Å²) in [6, 6.07) is 5.80. The van der Waals surface area contributed by atoms with Crippen molar-refractivity contribution < 1.29 is 31.8 Å². The number of anilines is 1. The lowest BCUT2D eigenvalue weighted by molar-refractivity contribution is 0.0760. The first-order chi connectivity index (χ1) is 19.2. The third kappa shape index (κ3) is 8.00. The van der Waals surface area contributed by atoms with Crippen molar-refractivity contribution in [3.8, 4) is 17.5 Å². The van der Waals surface area contributed by atoms with Crippen molar-refractivity contribution in [3.63, 3.8) is 0 Å². The third-order valence-electron chi connectivity index (χ3n) is 6.07. The Morgan fingerprint density at radius 1 is 1.27 bits per heavy atom. The minimum absolute atomic E-state index is 0.0588. The van der Waals surface area contributed by atoms with Crippen molar-refractivity contribution in [2.45, 2.75) is 52.4 Å². The van der Waals surface area contributed by atoms with Gasteiger partial charge >= 0.3 is 12.1 Å². The molecule has 13 nitrogen and oxygen atoms in total. The first-order valence-corrected chi connectivity index (χ1v) is 18.5. The molecule has 2 aromatic heterocycles. The Labute approximate surface area is 246 Å². The molecule has 0 bridgehead atoms. The van der Waals surface area contributed by atoms with Gasteiger partial charge in [-0.15, -0.1) is 5.10 Å². The van der Waals surface area contributed by atoms with Crippen LogP contribution in [0.4, 0.5) is 15.0 Å². The van der Waals surface area contributed by atoms with E-state index in [4.69, 9.17) is 14.2 Å². The number of nitrogens with one attached hydrogen (secondary N) is 2. The van der Waals surface area contributed by atoms with Gasteiger partial charge in [-0.3, -0.25) is 9.62 Å². The Balaban J connectivity index is 1.44. The van der Waals surface area contributed by atoms with Crippen LogP contribution in [0, 0.1) is 12.7 Å². The number of carbonyl (C=O) groups is 1. The maximum atomic E-state index is 15.0. The summed E-state index contributed by atoms with van der Waals surface area (Å²) < 4.78 is 61.6. The van der Waals surface area contributed by atoms with E-state index in [1.54, 1.807) is 12.1 Å². The number of aryl methyl sites for hydroxylation is 1. The molecule has 0 radical (unpaired) electrons. The molecule has 1 amide bonds. The molecule has 1 aliphatic heterocycles. The summed E-state index contributed by atoms with van der Waals surface area (Å²) in [5.74, 6) is -0.716. The van der Waals surface area contributed by atoms with Gasteiger partial charge in [0.05, 0.1) is 13.1 Å². The van der Waals surface area contributed by atoms with Crippen molar-refractivity contribution in [1.82, 2.24) is 29.4 Å². The Morgan fingerprint density at radius 3 is 2.73 bits per heavy atom. The first-order valence-electron chi connectivity index (χ1n) is 12.6. The minimum Gasteiger partial charge on any atom is -0.423 e. The number of aromatic nitrogens is 4. The second-order valence-electron chi connectivity index (χ2n) is 10.5. The lowest BCUT2D eigenvalue weighted by atomic mass is 10.0. The number of nitrogens with zero attached hydrogens (tertiary/aromatic N) is 5. The van der Waals surface area contributed by atoms with Crippen molar-refractivity contribution in [3.05, 3.63) is 51.6 Å². The molecule has 0 spiro atoms. The normalized spacial score (nSPS) is 13.6. The van der Waals surface area contributed by atoms with E-state index in [9.17, 15) is 17.6 Å². The quantitative estimate of drug-likeness (QED) is 0.211. The Kier molecular flexibility index (Phi) is 9.32. The standard InChI is InChI=1S/C24H31BrFN7O6SSi/c1-15-10-17(38-23-29-22(25)33(30-23)14-37-8-9-41(3,4)5)11-19-18(15)13-32(24(34)39-19)12-16-6-7-28-21(20(16)26)31-40(35,36)27-2/h6-7,10-11,27H,8-9,12-14H2,1-5H3,(H,28,31). The molecule has 222 valence electrons. The van der Waals surface area contributed by atoms with E-state index < -0.39 is 36.0 Å². The topological polar surface area (TPSA) is 150 Å².